The summed E-state index contributed by atoms with van der Waals surface area (Å²) in [7, 11) is 0. The quantitative estimate of drug-likeness (QED) is 0.648. The number of amides is 1. The maximum atomic E-state index is 12.2. The first-order valence-electron chi connectivity index (χ1n) is 5.66. The Hall–Kier alpha value is -0.500. The largest absolute Gasteiger partial charge is 0.443 e. The molecule has 18 heavy (non-hydrogen) atoms. The molecule has 0 aromatic carbocycles. The third kappa shape index (κ3) is 3.28. The maximum Gasteiger partial charge on any atom is 0.414 e. The molecular formula is C12H15IN2O2S. The molecule has 1 amide bonds. The number of hydrogen-bond donors (Lipinski definition) is 0. The smallest absolute Gasteiger partial charge is 0.414 e. The fourth-order valence-corrected chi connectivity index (χ4v) is 2.93. The molecule has 0 bridgehead atoms. The zero-order valence-corrected chi connectivity index (χ0v) is 13.5. The summed E-state index contributed by atoms with van der Waals surface area (Å²) in [6.45, 7) is 6.28. The lowest BCUT2D eigenvalue weighted by molar-refractivity contribution is 0.0581. The summed E-state index contributed by atoms with van der Waals surface area (Å²) >= 11 is 3.87. The average Bonchev–Trinajstić information content (AvgIpc) is 2.25. The van der Waals surface area contributed by atoms with E-state index in [1.54, 1.807) is 16.7 Å². The Kier molecular flexibility index (Phi) is 4.05. The lowest BCUT2D eigenvalue weighted by atomic mass is 10.2. The number of carbonyl (C=O) groups excluding carboxylic acids is 1. The Labute approximate surface area is 125 Å². The SMILES string of the molecule is CC(C)(C)OC(=O)N1CCSc2ncc(I)cc21. The highest BCUT2D eigenvalue weighted by atomic mass is 127. The summed E-state index contributed by atoms with van der Waals surface area (Å²) in [6.07, 6.45) is 1.51. The van der Waals surface area contributed by atoms with E-state index in [1.807, 2.05) is 33.0 Å². The van der Waals surface area contributed by atoms with E-state index in [0.717, 1.165) is 20.0 Å². The van der Waals surface area contributed by atoms with Crippen LogP contribution in [0.3, 0.4) is 0 Å². The van der Waals surface area contributed by atoms with Gasteiger partial charge in [-0.15, -0.1) is 11.8 Å². The molecule has 2 heterocycles. The van der Waals surface area contributed by atoms with E-state index in [0.29, 0.717) is 6.54 Å². The molecule has 4 nitrogen and oxygen atoms in total. The average molecular weight is 378 g/mol. The van der Waals surface area contributed by atoms with Crippen LogP contribution in [0.15, 0.2) is 17.3 Å². The number of ether oxygens (including phenoxy) is 1. The van der Waals surface area contributed by atoms with Gasteiger partial charge in [0.25, 0.3) is 0 Å². The first-order valence-corrected chi connectivity index (χ1v) is 7.72. The third-order valence-electron chi connectivity index (χ3n) is 2.26. The van der Waals surface area contributed by atoms with Crippen LogP contribution >= 0.6 is 34.4 Å². The van der Waals surface area contributed by atoms with Crippen LogP contribution in [0.5, 0.6) is 0 Å². The van der Waals surface area contributed by atoms with Crippen molar-refractivity contribution in [2.75, 3.05) is 17.2 Å². The minimum absolute atomic E-state index is 0.298. The molecule has 0 radical (unpaired) electrons. The monoisotopic (exact) mass is 378 g/mol. The zero-order chi connectivity index (χ0) is 13.3. The number of nitrogens with zero attached hydrogens (tertiary/aromatic N) is 2. The molecule has 98 valence electrons. The summed E-state index contributed by atoms with van der Waals surface area (Å²) in [5, 5.41) is 0.896. The normalized spacial score (nSPS) is 15.2. The summed E-state index contributed by atoms with van der Waals surface area (Å²) in [6, 6.07) is 1.97. The number of thioether (sulfide) groups is 1. The van der Waals surface area contributed by atoms with Crippen molar-refractivity contribution in [2.45, 2.75) is 31.4 Å². The molecule has 1 aromatic heterocycles. The Balaban J connectivity index is 2.27. The number of aromatic nitrogens is 1. The van der Waals surface area contributed by atoms with Gasteiger partial charge in [-0.05, 0) is 49.4 Å². The molecule has 1 aromatic rings. The highest BCUT2D eigenvalue weighted by molar-refractivity contribution is 14.1. The van der Waals surface area contributed by atoms with Gasteiger partial charge in [-0.3, -0.25) is 4.90 Å². The molecule has 2 rings (SSSR count). The predicted octanol–water partition coefficient (Wildman–Crippen LogP) is 3.53. The van der Waals surface area contributed by atoms with Crippen molar-refractivity contribution in [3.05, 3.63) is 15.8 Å². The van der Waals surface area contributed by atoms with Crippen LogP contribution < -0.4 is 4.90 Å². The zero-order valence-electron chi connectivity index (χ0n) is 10.6. The number of pyridine rings is 1. The van der Waals surface area contributed by atoms with Crippen molar-refractivity contribution in [1.82, 2.24) is 4.98 Å². The van der Waals surface area contributed by atoms with E-state index in [9.17, 15) is 4.79 Å². The van der Waals surface area contributed by atoms with E-state index >= 15 is 0 Å². The van der Waals surface area contributed by atoms with Gasteiger partial charge in [-0.2, -0.15) is 0 Å². The van der Waals surface area contributed by atoms with Crippen molar-refractivity contribution in [2.24, 2.45) is 0 Å². The molecule has 0 atom stereocenters. The van der Waals surface area contributed by atoms with Crippen LogP contribution in [0.1, 0.15) is 20.8 Å². The Morgan fingerprint density at radius 1 is 1.56 bits per heavy atom. The summed E-state index contributed by atoms with van der Waals surface area (Å²) in [4.78, 5) is 18.2. The van der Waals surface area contributed by atoms with Gasteiger partial charge in [0.2, 0.25) is 0 Å². The standard InChI is InChI=1S/C12H15IN2O2S/c1-12(2,3)17-11(16)15-4-5-18-10-9(15)6-8(13)7-14-10/h6-7H,4-5H2,1-3H3. The second-order valence-corrected chi connectivity index (χ2v) is 7.29. The first-order chi connectivity index (χ1) is 8.37. The molecule has 0 unspecified atom stereocenters. The topological polar surface area (TPSA) is 42.4 Å². The Morgan fingerprint density at radius 3 is 2.94 bits per heavy atom. The van der Waals surface area contributed by atoms with Gasteiger partial charge in [0, 0.05) is 22.1 Å². The van der Waals surface area contributed by atoms with Crippen molar-refractivity contribution < 1.29 is 9.53 Å². The van der Waals surface area contributed by atoms with Crippen LogP contribution in [0.2, 0.25) is 0 Å². The van der Waals surface area contributed by atoms with Crippen LogP contribution in [-0.2, 0) is 4.74 Å². The van der Waals surface area contributed by atoms with Crippen LogP contribution in [0.25, 0.3) is 0 Å². The van der Waals surface area contributed by atoms with Gasteiger partial charge in [0.1, 0.15) is 10.6 Å². The fourth-order valence-electron chi connectivity index (χ4n) is 1.58. The lowest BCUT2D eigenvalue weighted by Gasteiger charge is -2.30. The van der Waals surface area contributed by atoms with Gasteiger partial charge in [0.15, 0.2) is 0 Å². The van der Waals surface area contributed by atoms with E-state index in [-0.39, 0.29) is 6.09 Å². The number of carbonyl (C=O) groups is 1. The molecule has 0 aliphatic carbocycles. The molecule has 0 saturated heterocycles. The molecule has 1 aliphatic heterocycles. The van der Waals surface area contributed by atoms with Gasteiger partial charge in [-0.1, -0.05) is 0 Å². The highest BCUT2D eigenvalue weighted by Crippen LogP contribution is 2.34. The van der Waals surface area contributed by atoms with E-state index in [4.69, 9.17) is 4.74 Å². The van der Waals surface area contributed by atoms with E-state index in [1.165, 1.54) is 0 Å². The second kappa shape index (κ2) is 5.24. The van der Waals surface area contributed by atoms with Crippen LogP contribution in [0.4, 0.5) is 10.5 Å². The van der Waals surface area contributed by atoms with Gasteiger partial charge < -0.3 is 4.74 Å². The highest BCUT2D eigenvalue weighted by Gasteiger charge is 2.28. The van der Waals surface area contributed by atoms with Gasteiger partial charge in [0.05, 0.1) is 5.69 Å². The Morgan fingerprint density at radius 2 is 2.28 bits per heavy atom. The summed E-state index contributed by atoms with van der Waals surface area (Å²) in [5.74, 6) is 0.847. The molecule has 6 heteroatoms. The van der Waals surface area contributed by atoms with Crippen molar-refractivity contribution in [1.29, 1.82) is 0 Å². The number of halogens is 1. The van der Waals surface area contributed by atoms with Crippen molar-refractivity contribution in [3.63, 3.8) is 0 Å². The van der Waals surface area contributed by atoms with Crippen LogP contribution in [-0.4, -0.2) is 29.0 Å². The number of hydrogen-bond acceptors (Lipinski definition) is 4. The van der Waals surface area contributed by atoms with E-state index < -0.39 is 5.60 Å². The van der Waals surface area contributed by atoms with Crippen LogP contribution in [0, 0.1) is 3.57 Å². The Bertz CT molecular complexity index is 474. The van der Waals surface area contributed by atoms with Gasteiger partial charge >= 0.3 is 6.09 Å². The minimum atomic E-state index is -0.475. The third-order valence-corrected chi connectivity index (χ3v) is 3.82. The molecule has 0 N–H and O–H groups in total. The molecule has 0 saturated carbocycles. The molecule has 1 aliphatic rings. The van der Waals surface area contributed by atoms with Crippen molar-refractivity contribution >= 4 is 46.1 Å². The lowest BCUT2D eigenvalue weighted by Crippen LogP contribution is -2.40. The summed E-state index contributed by atoms with van der Waals surface area (Å²) < 4.78 is 6.44. The van der Waals surface area contributed by atoms with Gasteiger partial charge in [-0.25, -0.2) is 9.78 Å². The maximum absolute atomic E-state index is 12.2. The van der Waals surface area contributed by atoms with Crippen molar-refractivity contribution in [3.8, 4) is 0 Å². The number of fused-ring (bicyclic) bond motifs is 1. The fraction of sp³-hybridized carbons (Fsp3) is 0.500. The summed E-state index contributed by atoms with van der Waals surface area (Å²) in [5.41, 5.74) is 0.379. The minimum Gasteiger partial charge on any atom is -0.443 e. The number of anilines is 1. The van der Waals surface area contributed by atoms with E-state index in [2.05, 4.69) is 27.6 Å². The molecular weight excluding hydrogens is 363 g/mol. The predicted molar refractivity (Wildman–Crippen MR) is 81.3 cm³/mol. The first kappa shape index (κ1) is 13.9. The number of rotatable bonds is 0. The molecule has 0 fully saturated rings. The second-order valence-electron chi connectivity index (χ2n) is 4.96. The molecule has 0 spiro atoms.